The molecule has 174 valence electrons. The molecule has 4 heterocycles. The molecule has 0 bridgehead atoms. The number of piperazine rings is 1. The van der Waals surface area contributed by atoms with Gasteiger partial charge in [-0.3, -0.25) is 4.57 Å². The van der Waals surface area contributed by atoms with E-state index in [1.807, 2.05) is 32.6 Å². The van der Waals surface area contributed by atoms with Gasteiger partial charge in [-0.05, 0) is 33.8 Å². The SMILES string of the molecule is CC1CN(c2ncnc3c2c(C(=O)O)cn3-c2cc(Cl)ccn2)CCN1C(=O)OC(C)(C)C. The fraction of sp³-hybridized carbons (Fsp3) is 0.409. The lowest BCUT2D eigenvalue weighted by atomic mass is 10.1. The highest BCUT2D eigenvalue weighted by Crippen LogP contribution is 2.32. The minimum Gasteiger partial charge on any atom is -0.478 e. The zero-order valence-corrected chi connectivity index (χ0v) is 19.6. The first-order chi connectivity index (χ1) is 15.5. The maximum absolute atomic E-state index is 12.6. The second-order valence-electron chi connectivity index (χ2n) is 8.91. The van der Waals surface area contributed by atoms with E-state index in [1.54, 1.807) is 27.8 Å². The normalized spacial score (nSPS) is 16.8. The molecule has 33 heavy (non-hydrogen) atoms. The molecule has 0 radical (unpaired) electrons. The molecular formula is C22H25ClN6O4. The van der Waals surface area contributed by atoms with Gasteiger partial charge in [-0.25, -0.2) is 24.5 Å². The van der Waals surface area contributed by atoms with Crippen LogP contribution in [0.5, 0.6) is 0 Å². The van der Waals surface area contributed by atoms with Gasteiger partial charge in [0, 0.05) is 49.2 Å². The fourth-order valence-corrected chi connectivity index (χ4v) is 4.04. The number of carbonyl (C=O) groups is 2. The van der Waals surface area contributed by atoms with E-state index < -0.39 is 11.6 Å². The number of rotatable bonds is 3. The van der Waals surface area contributed by atoms with Crippen LogP contribution in [0.2, 0.25) is 5.02 Å². The quantitative estimate of drug-likeness (QED) is 0.614. The smallest absolute Gasteiger partial charge is 0.410 e. The average molecular weight is 473 g/mol. The fourth-order valence-electron chi connectivity index (χ4n) is 3.89. The van der Waals surface area contributed by atoms with Gasteiger partial charge in [0.25, 0.3) is 0 Å². The summed E-state index contributed by atoms with van der Waals surface area (Å²) in [6.45, 7) is 8.76. The Kier molecular flexibility index (Phi) is 5.87. The molecule has 1 unspecified atom stereocenters. The van der Waals surface area contributed by atoms with Crippen LogP contribution in [0, 0.1) is 0 Å². The number of carbonyl (C=O) groups excluding carboxylic acids is 1. The van der Waals surface area contributed by atoms with E-state index in [1.165, 1.54) is 12.5 Å². The maximum Gasteiger partial charge on any atom is 0.410 e. The summed E-state index contributed by atoms with van der Waals surface area (Å²) in [6.07, 6.45) is 4.05. The van der Waals surface area contributed by atoms with Crippen molar-refractivity contribution >= 4 is 40.5 Å². The Morgan fingerprint density at radius 2 is 1.97 bits per heavy atom. The first-order valence-corrected chi connectivity index (χ1v) is 10.9. The molecule has 0 aliphatic carbocycles. The van der Waals surface area contributed by atoms with Crippen molar-refractivity contribution < 1.29 is 19.4 Å². The lowest BCUT2D eigenvalue weighted by Gasteiger charge is -2.40. The van der Waals surface area contributed by atoms with Crippen LogP contribution in [-0.2, 0) is 4.74 Å². The molecule has 1 amide bonds. The average Bonchev–Trinajstić information content (AvgIpc) is 3.12. The molecule has 1 aliphatic heterocycles. The molecule has 10 nitrogen and oxygen atoms in total. The third-order valence-electron chi connectivity index (χ3n) is 5.30. The molecule has 1 fully saturated rings. The monoisotopic (exact) mass is 472 g/mol. The summed E-state index contributed by atoms with van der Waals surface area (Å²) < 4.78 is 7.11. The van der Waals surface area contributed by atoms with Gasteiger partial charge in [0.05, 0.1) is 10.9 Å². The number of nitrogens with zero attached hydrogens (tertiary/aromatic N) is 6. The molecule has 1 atom stereocenters. The second-order valence-corrected chi connectivity index (χ2v) is 9.35. The summed E-state index contributed by atoms with van der Waals surface area (Å²) in [4.78, 5) is 41.4. The van der Waals surface area contributed by atoms with E-state index in [2.05, 4.69) is 15.0 Å². The molecule has 4 rings (SSSR count). The van der Waals surface area contributed by atoms with Crippen LogP contribution in [0.1, 0.15) is 38.1 Å². The van der Waals surface area contributed by atoms with Gasteiger partial charge in [-0.2, -0.15) is 0 Å². The number of fused-ring (bicyclic) bond motifs is 1. The summed E-state index contributed by atoms with van der Waals surface area (Å²) in [5.74, 6) is -0.154. The number of carboxylic acids is 1. The molecule has 11 heteroatoms. The highest BCUT2D eigenvalue weighted by molar-refractivity contribution is 6.30. The van der Waals surface area contributed by atoms with Gasteiger partial charge in [0.2, 0.25) is 0 Å². The molecule has 0 spiro atoms. The summed E-state index contributed by atoms with van der Waals surface area (Å²) in [6, 6.07) is 3.11. The number of halogens is 1. The van der Waals surface area contributed by atoms with Gasteiger partial charge >= 0.3 is 12.1 Å². The predicted molar refractivity (Wildman–Crippen MR) is 123 cm³/mol. The van der Waals surface area contributed by atoms with E-state index in [0.717, 1.165) is 0 Å². The number of hydrogen-bond donors (Lipinski definition) is 1. The zero-order chi connectivity index (χ0) is 23.9. The van der Waals surface area contributed by atoms with E-state index in [4.69, 9.17) is 16.3 Å². The number of pyridine rings is 1. The van der Waals surface area contributed by atoms with Crippen molar-refractivity contribution in [3.05, 3.63) is 41.4 Å². The Bertz CT molecular complexity index is 1220. The largest absolute Gasteiger partial charge is 0.478 e. The summed E-state index contributed by atoms with van der Waals surface area (Å²) in [7, 11) is 0. The van der Waals surface area contributed by atoms with Crippen molar-refractivity contribution in [1.82, 2.24) is 24.4 Å². The first kappa shape index (κ1) is 22.8. The molecule has 1 saturated heterocycles. The van der Waals surface area contributed by atoms with Crippen molar-refractivity contribution in [3.63, 3.8) is 0 Å². The summed E-state index contributed by atoms with van der Waals surface area (Å²) in [5.41, 5.74) is -0.112. The minimum atomic E-state index is -1.10. The molecule has 1 aliphatic rings. The third kappa shape index (κ3) is 4.56. The van der Waals surface area contributed by atoms with Crippen LogP contribution in [-0.4, -0.2) is 72.9 Å². The molecule has 0 saturated carbocycles. The summed E-state index contributed by atoms with van der Waals surface area (Å²) in [5, 5.41) is 10.8. The topological polar surface area (TPSA) is 114 Å². The van der Waals surface area contributed by atoms with E-state index in [0.29, 0.717) is 47.3 Å². The van der Waals surface area contributed by atoms with Crippen molar-refractivity contribution in [2.75, 3.05) is 24.5 Å². The van der Waals surface area contributed by atoms with E-state index >= 15 is 0 Å². The third-order valence-corrected chi connectivity index (χ3v) is 5.54. The highest BCUT2D eigenvalue weighted by Gasteiger charge is 2.33. The van der Waals surface area contributed by atoms with Crippen LogP contribution in [0.4, 0.5) is 10.6 Å². The van der Waals surface area contributed by atoms with Gasteiger partial charge in [-0.1, -0.05) is 11.6 Å². The zero-order valence-electron chi connectivity index (χ0n) is 18.8. The number of aromatic carboxylic acids is 1. The van der Waals surface area contributed by atoms with Gasteiger partial charge in [0.1, 0.15) is 23.6 Å². The van der Waals surface area contributed by atoms with Crippen molar-refractivity contribution in [2.45, 2.75) is 39.3 Å². The Morgan fingerprint density at radius 3 is 2.61 bits per heavy atom. The standard InChI is InChI=1S/C22H25ClN6O4/c1-13-10-27(7-8-28(13)21(32)33-22(2,3)4)18-17-15(20(30)31)11-29(19(17)26-12-25-18)16-9-14(23)5-6-24-16/h5-6,9,11-13H,7-8,10H2,1-4H3,(H,30,31). The Hall–Kier alpha value is -3.40. The number of aromatic nitrogens is 4. The van der Waals surface area contributed by atoms with Crippen LogP contribution in [0.25, 0.3) is 16.9 Å². The second kappa shape index (κ2) is 8.51. The maximum atomic E-state index is 12.6. The van der Waals surface area contributed by atoms with Gasteiger partial charge in [-0.15, -0.1) is 0 Å². The van der Waals surface area contributed by atoms with Gasteiger partial charge < -0.3 is 19.6 Å². The molecule has 3 aromatic rings. The van der Waals surface area contributed by atoms with Crippen molar-refractivity contribution in [3.8, 4) is 5.82 Å². The van der Waals surface area contributed by atoms with Gasteiger partial charge in [0.15, 0.2) is 5.65 Å². The predicted octanol–water partition coefficient (Wildman–Crippen LogP) is 3.61. The molecular weight excluding hydrogens is 448 g/mol. The first-order valence-electron chi connectivity index (χ1n) is 10.5. The molecule has 0 aromatic carbocycles. The number of carboxylic acid groups (broad SMARTS) is 1. The van der Waals surface area contributed by atoms with Crippen LogP contribution >= 0.6 is 11.6 Å². The molecule has 3 aromatic heterocycles. The Balaban J connectivity index is 1.71. The lowest BCUT2D eigenvalue weighted by molar-refractivity contribution is 0.0158. The van der Waals surface area contributed by atoms with Crippen LogP contribution in [0.15, 0.2) is 30.9 Å². The Labute approximate surface area is 195 Å². The van der Waals surface area contributed by atoms with E-state index in [-0.39, 0.29) is 17.7 Å². The Morgan fingerprint density at radius 1 is 1.21 bits per heavy atom. The van der Waals surface area contributed by atoms with Crippen molar-refractivity contribution in [1.29, 1.82) is 0 Å². The highest BCUT2D eigenvalue weighted by atomic mass is 35.5. The lowest BCUT2D eigenvalue weighted by Crippen LogP contribution is -2.55. The number of amides is 1. The number of hydrogen-bond acceptors (Lipinski definition) is 7. The minimum absolute atomic E-state index is 0.0598. The summed E-state index contributed by atoms with van der Waals surface area (Å²) >= 11 is 6.11. The van der Waals surface area contributed by atoms with Crippen LogP contribution < -0.4 is 4.90 Å². The molecule has 1 N–H and O–H groups in total. The van der Waals surface area contributed by atoms with Crippen molar-refractivity contribution in [2.24, 2.45) is 0 Å². The number of anilines is 1. The van der Waals surface area contributed by atoms with E-state index in [9.17, 15) is 14.7 Å². The number of ether oxygens (including phenoxy) is 1. The van der Waals surface area contributed by atoms with Crippen LogP contribution in [0.3, 0.4) is 0 Å².